The molecule has 2 rings (SSSR count). The van der Waals surface area contributed by atoms with Gasteiger partial charge in [-0.05, 0) is 50.3 Å². The zero-order chi connectivity index (χ0) is 13.1. The number of ether oxygens (including phenoxy) is 2. The molecule has 2 N–H and O–H groups in total. The smallest absolute Gasteiger partial charge is 0.119 e. The van der Waals surface area contributed by atoms with E-state index in [4.69, 9.17) is 15.2 Å². The van der Waals surface area contributed by atoms with E-state index in [1.165, 1.54) is 12.8 Å². The molecule has 2 unspecified atom stereocenters. The molecule has 0 bridgehead atoms. The van der Waals surface area contributed by atoms with Crippen molar-refractivity contribution in [1.82, 2.24) is 0 Å². The van der Waals surface area contributed by atoms with Crippen LogP contribution >= 0.6 is 0 Å². The Bertz CT molecular complexity index is 371. The quantitative estimate of drug-likeness (QED) is 0.843. The van der Waals surface area contributed by atoms with Gasteiger partial charge in [-0.1, -0.05) is 12.1 Å². The van der Waals surface area contributed by atoms with Gasteiger partial charge in [0.15, 0.2) is 0 Å². The first kappa shape index (κ1) is 13.4. The summed E-state index contributed by atoms with van der Waals surface area (Å²) in [5, 5.41) is 0. The summed E-state index contributed by atoms with van der Waals surface area (Å²) in [4.78, 5) is 0. The summed E-state index contributed by atoms with van der Waals surface area (Å²) in [6, 6.07) is 7.99. The van der Waals surface area contributed by atoms with Crippen molar-refractivity contribution in [3.63, 3.8) is 0 Å². The number of rotatable bonds is 6. The van der Waals surface area contributed by atoms with Crippen molar-refractivity contribution in [3.8, 4) is 5.75 Å². The monoisotopic (exact) mass is 249 g/mol. The molecule has 1 aliphatic carbocycles. The van der Waals surface area contributed by atoms with Crippen LogP contribution < -0.4 is 10.5 Å². The molecule has 0 heterocycles. The van der Waals surface area contributed by atoms with Gasteiger partial charge in [-0.15, -0.1) is 0 Å². The average Bonchev–Trinajstić information content (AvgIpc) is 3.14. The molecule has 0 spiro atoms. The predicted octanol–water partition coefficient (Wildman–Crippen LogP) is 2.90. The van der Waals surface area contributed by atoms with E-state index in [1.807, 2.05) is 38.1 Å². The molecule has 1 aliphatic rings. The molecule has 0 amide bonds. The molecule has 0 radical (unpaired) electrons. The van der Waals surface area contributed by atoms with E-state index >= 15 is 0 Å². The second-order valence-electron chi connectivity index (χ2n) is 5.30. The number of nitrogens with two attached hydrogens (primary N) is 1. The molecule has 1 saturated carbocycles. The van der Waals surface area contributed by atoms with Crippen molar-refractivity contribution in [2.24, 2.45) is 11.7 Å². The summed E-state index contributed by atoms with van der Waals surface area (Å²) in [6.07, 6.45) is 2.81. The van der Waals surface area contributed by atoms with Gasteiger partial charge in [-0.3, -0.25) is 0 Å². The Balaban J connectivity index is 2.03. The van der Waals surface area contributed by atoms with Gasteiger partial charge >= 0.3 is 0 Å². The van der Waals surface area contributed by atoms with Gasteiger partial charge in [-0.2, -0.15) is 0 Å². The van der Waals surface area contributed by atoms with Crippen LogP contribution in [0.15, 0.2) is 24.3 Å². The normalized spacial score (nSPS) is 18.7. The van der Waals surface area contributed by atoms with E-state index in [2.05, 4.69) is 0 Å². The third-order valence-electron chi connectivity index (χ3n) is 3.35. The Morgan fingerprint density at radius 3 is 2.22 bits per heavy atom. The summed E-state index contributed by atoms with van der Waals surface area (Å²) >= 11 is 0. The first-order chi connectivity index (χ1) is 8.61. The second-order valence-corrected chi connectivity index (χ2v) is 5.30. The first-order valence-electron chi connectivity index (χ1n) is 6.67. The maximum Gasteiger partial charge on any atom is 0.119 e. The van der Waals surface area contributed by atoms with Crippen molar-refractivity contribution < 1.29 is 9.47 Å². The zero-order valence-corrected chi connectivity index (χ0v) is 11.4. The maximum atomic E-state index is 6.28. The number of hydrogen-bond acceptors (Lipinski definition) is 3. The van der Waals surface area contributed by atoms with Crippen LogP contribution in [0.3, 0.4) is 0 Å². The number of hydrogen-bond donors (Lipinski definition) is 1. The third kappa shape index (κ3) is 3.24. The molecule has 100 valence electrons. The lowest BCUT2D eigenvalue weighted by Gasteiger charge is -2.23. The molecule has 18 heavy (non-hydrogen) atoms. The van der Waals surface area contributed by atoms with E-state index in [0.29, 0.717) is 5.92 Å². The predicted molar refractivity (Wildman–Crippen MR) is 72.7 cm³/mol. The summed E-state index contributed by atoms with van der Waals surface area (Å²) in [5.74, 6) is 1.53. The average molecular weight is 249 g/mol. The van der Waals surface area contributed by atoms with Gasteiger partial charge in [0.25, 0.3) is 0 Å². The Morgan fingerprint density at radius 1 is 1.17 bits per heavy atom. The van der Waals surface area contributed by atoms with Crippen molar-refractivity contribution in [3.05, 3.63) is 29.8 Å². The summed E-state index contributed by atoms with van der Waals surface area (Å²) in [6.45, 7) is 4.04. The fourth-order valence-corrected chi connectivity index (χ4v) is 2.29. The van der Waals surface area contributed by atoms with Crippen LogP contribution in [0.25, 0.3) is 0 Å². The largest absolute Gasteiger partial charge is 0.491 e. The van der Waals surface area contributed by atoms with Crippen molar-refractivity contribution in [1.29, 1.82) is 0 Å². The van der Waals surface area contributed by atoms with E-state index in [0.717, 1.165) is 11.3 Å². The lowest BCUT2D eigenvalue weighted by Crippen LogP contribution is -2.29. The Morgan fingerprint density at radius 2 is 1.78 bits per heavy atom. The molecular weight excluding hydrogens is 226 g/mol. The van der Waals surface area contributed by atoms with Gasteiger partial charge in [0.2, 0.25) is 0 Å². The van der Waals surface area contributed by atoms with Crippen LogP contribution in [-0.4, -0.2) is 19.3 Å². The van der Waals surface area contributed by atoms with Gasteiger partial charge < -0.3 is 15.2 Å². The van der Waals surface area contributed by atoms with Crippen LogP contribution in [0.5, 0.6) is 5.75 Å². The topological polar surface area (TPSA) is 44.5 Å². The van der Waals surface area contributed by atoms with Crippen LogP contribution in [0.2, 0.25) is 0 Å². The summed E-state index contributed by atoms with van der Waals surface area (Å²) < 4.78 is 11.2. The van der Waals surface area contributed by atoms with Crippen LogP contribution in [0, 0.1) is 5.92 Å². The first-order valence-corrected chi connectivity index (χ1v) is 6.67. The fourth-order valence-electron chi connectivity index (χ4n) is 2.29. The molecule has 0 aliphatic heterocycles. The SMILES string of the molecule is COC(C1CC1)C(N)c1ccc(OC(C)C)cc1. The van der Waals surface area contributed by atoms with Gasteiger partial charge in [0, 0.05) is 7.11 Å². The fraction of sp³-hybridized carbons (Fsp3) is 0.600. The summed E-state index contributed by atoms with van der Waals surface area (Å²) in [7, 11) is 1.75. The highest BCUT2D eigenvalue weighted by atomic mass is 16.5. The van der Waals surface area contributed by atoms with E-state index < -0.39 is 0 Å². The summed E-state index contributed by atoms with van der Waals surface area (Å²) in [5.41, 5.74) is 7.39. The maximum absolute atomic E-state index is 6.28. The molecule has 2 atom stereocenters. The highest BCUT2D eigenvalue weighted by Crippen LogP contribution is 2.39. The molecular formula is C15H23NO2. The highest BCUT2D eigenvalue weighted by Gasteiger charge is 2.35. The van der Waals surface area contributed by atoms with Crippen LogP contribution in [0.1, 0.15) is 38.3 Å². The van der Waals surface area contributed by atoms with Crippen LogP contribution in [0.4, 0.5) is 0 Å². The number of benzene rings is 1. The zero-order valence-electron chi connectivity index (χ0n) is 11.4. The molecule has 1 aromatic rings. The molecule has 3 nitrogen and oxygen atoms in total. The van der Waals surface area contributed by atoms with Crippen molar-refractivity contribution >= 4 is 0 Å². The third-order valence-corrected chi connectivity index (χ3v) is 3.35. The standard InChI is InChI=1S/C15H23NO2/c1-10(2)18-13-8-6-11(7-9-13)14(16)15(17-3)12-4-5-12/h6-10,12,14-15H,4-5,16H2,1-3H3. The van der Waals surface area contributed by atoms with Crippen molar-refractivity contribution in [2.45, 2.75) is 44.9 Å². The lowest BCUT2D eigenvalue weighted by molar-refractivity contribution is 0.0624. The number of methoxy groups -OCH3 is 1. The second kappa shape index (κ2) is 5.72. The van der Waals surface area contributed by atoms with Crippen molar-refractivity contribution in [2.75, 3.05) is 7.11 Å². The Kier molecular flexibility index (Phi) is 4.25. The van der Waals surface area contributed by atoms with E-state index in [9.17, 15) is 0 Å². The highest BCUT2D eigenvalue weighted by molar-refractivity contribution is 5.30. The molecule has 1 aromatic carbocycles. The minimum atomic E-state index is -0.0457. The van der Waals surface area contributed by atoms with E-state index in [1.54, 1.807) is 7.11 Å². The van der Waals surface area contributed by atoms with Crippen LogP contribution in [-0.2, 0) is 4.74 Å². The molecule has 0 saturated heterocycles. The minimum Gasteiger partial charge on any atom is -0.491 e. The van der Waals surface area contributed by atoms with Gasteiger partial charge in [-0.25, -0.2) is 0 Å². The van der Waals surface area contributed by atoms with E-state index in [-0.39, 0.29) is 18.2 Å². The minimum absolute atomic E-state index is 0.0457. The molecule has 0 aromatic heterocycles. The Labute approximate surface area is 109 Å². The molecule has 1 fully saturated rings. The lowest BCUT2D eigenvalue weighted by atomic mass is 9.99. The Hall–Kier alpha value is -1.06. The molecule has 3 heteroatoms. The van der Waals surface area contributed by atoms with Gasteiger partial charge in [0.05, 0.1) is 18.2 Å². The van der Waals surface area contributed by atoms with Gasteiger partial charge in [0.1, 0.15) is 5.75 Å².